The fourth-order valence-electron chi connectivity index (χ4n) is 4.26. The lowest BCUT2D eigenvalue weighted by Crippen LogP contribution is -2.35. The molecule has 0 unspecified atom stereocenters. The van der Waals surface area contributed by atoms with E-state index in [1.807, 2.05) is 76.3 Å². The highest BCUT2D eigenvalue weighted by atomic mass is 79.9. The largest absolute Gasteiger partial charge is 0.444 e. The van der Waals surface area contributed by atoms with Crippen molar-refractivity contribution in [3.63, 3.8) is 0 Å². The number of benzene rings is 3. The third-order valence-corrected chi connectivity index (χ3v) is 6.60. The summed E-state index contributed by atoms with van der Waals surface area (Å²) < 4.78 is 29.4. The molecular formula is C30H33BrFN3O3. The van der Waals surface area contributed by atoms with Crippen LogP contribution in [0.3, 0.4) is 0 Å². The lowest BCUT2D eigenvalue weighted by molar-refractivity contribution is 0.0276. The summed E-state index contributed by atoms with van der Waals surface area (Å²) in [5, 5.41) is 5.47. The number of fused-ring (bicyclic) bond motifs is 1. The van der Waals surface area contributed by atoms with Crippen molar-refractivity contribution in [2.45, 2.75) is 39.4 Å². The highest BCUT2D eigenvalue weighted by Gasteiger charge is 2.19. The summed E-state index contributed by atoms with van der Waals surface area (Å²) in [7, 11) is 3.58. The van der Waals surface area contributed by atoms with E-state index in [4.69, 9.17) is 9.47 Å². The Morgan fingerprint density at radius 2 is 1.84 bits per heavy atom. The number of aromatic nitrogens is 2. The number of aryl methyl sites for hydroxylation is 1. The Labute approximate surface area is 231 Å². The van der Waals surface area contributed by atoms with Crippen LogP contribution in [0.4, 0.5) is 9.18 Å². The number of rotatable bonds is 8. The molecule has 0 radical (unpaired) electrons. The van der Waals surface area contributed by atoms with Crippen molar-refractivity contribution >= 4 is 32.9 Å². The summed E-state index contributed by atoms with van der Waals surface area (Å²) in [6, 6.07) is 19.0. The summed E-state index contributed by atoms with van der Waals surface area (Å²) in [5.41, 5.74) is 4.14. The van der Waals surface area contributed by atoms with Gasteiger partial charge in [0.2, 0.25) is 0 Å². The first-order valence-electron chi connectivity index (χ1n) is 12.6. The Kier molecular flexibility index (Phi) is 8.53. The van der Waals surface area contributed by atoms with E-state index in [0.717, 1.165) is 32.1 Å². The molecule has 0 N–H and O–H groups in total. The molecule has 1 amide bonds. The molecule has 6 nitrogen and oxygen atoms in total. The Balaban J connectivity index is 1.43. The van der Waals surface area contributed by atoms with Gasteiger partial charge in [0, 0.05) is 42.7 Å². The monoisotopic (exact) mass is 581 g/mol. The van der Waals surface area contributed by atoms with Gasteiger partial charge in [0.1, 0.15) is 17.1 Å². The maximum atomic E-state index is 15.5. The normalized spacial score (nSPS) is 11.7. The standard InChI is InChI=1S/C30H33BrFN3O3/c1-30(2,3)38-29(36)34(4)15-8-16-37-19-21-9-6-7-10-23(21)20-11-13-24(26(32)17-20)28-25-18-22(31)12-14-27(25)35(5)33-28/h6-7,9-14,17-18H,8,15-16,19H2,1-5H3. The molecule has 0 saturated carbocycles. The van der Waals surface area contributed by atoms with E-state index in [1.165, 1.54) is 0 Å². The molecule has 0 aliphatic heterocycles. The molecule has 8 heteroatoms. The average molecular weight is 583 g/mol. The Morgan fingerprint density at radius 1 is 1.08 bits per heavy atom. The first-order valence-corrected chi connectivity index (χ1v) is 13.3. The average Bonchev–Trinajstić information content (AvgIpc) is 3.18. The molecule has 1 aromatic heterocycles. The van der Waals surface area contributed by atoms with Gasteiger partial charge in [-0.2, -0.15) is 5.10 Å². The van der Waals surface area contributed by atoms with Crippen LogP contribution in [0, 0.1) is 5.82 Å². The van der Waals surface area contributed by atoms with E-state index in [0.29, 0.717) is 37.4 Å². The van der Waals surface area contributed by atoms with Crippen LogP contribution in [0.25, 0.3) is 33.3 Å². The topological polar surface area (TPSA) is 56.6 Å². The quantitative estimate of drug-likeness (QED) is 0.201. The van der Waals surface area contributed by atoms with E-state index < -0.39 is 5.60 Å². The van der Waals surface area contributed by atoms with Gasteiger partial charge in [-0.15, -0.1) is 0 Å². The Morgan fingerprint density at radius 3 is 2.58 bits per heavy atom. The highest BCUT2D eigenvalue weighted by molar-refractivity contribution is 9.10. The Bertz CT molecular complexity index is 1440. The van der Waals surface area contributed by atoms with Gasteiger partial charge in [-0.25, -0.2) is 9.18 Å². The second-order valence-corrected chi connectivity index (χ2v) is 11.2. The zero-order valence-corrected chi connectivity index (χ0v) is 24.0. The molecular weight excluding hydrogens is 549 g/mol. The van der Waals surface area contributed by atoms with Gasteiger partial charge in [-0.3, -0.25) is 4.68 Å². The molecule has 0 atom stereocenters. The van der Waals surface area contributed by atoms with Crippen LogP contribution < -0.4 is 0 Å². The number of nitrogens with zero attached hydrogens (tertiary/aromatic N) is 3. The van der Waals surface area contributed by atoms with Gasteiger partial charge in [0.25, 0.3) is 0 Å². The zero-order valence-electron chi connectivity index (χ0n) is 22.4. The van der Waals surface area contributed by atoms with Crippen molar-refractivity contribution in [1.29, 1.82) is 0 Å². The minimum Gasteiger partial charge on any atom is -0.444 e. The molecule has 0 fully saturated rings. The van der Waals surface area contributed by atoms with E-state index in [9.17, 15) is 4.79 Å². The predicted octanol–water partition coefficient (Wildman–Crippen LogP) is 7.58. The van der Waals surface area contributed by atoms with Gasteiger partial charge < -0.3 is 14.4 Å². The van der Waals surface area contributed by atoms with E-state index in [2.05, 4.69) is 21.0 Å². The lowest BCUT2D eigenvalue weighted by Gasteiger charge is -2.24. The molecule has 0 spiro atoms. The number of carbonyl (C=O) groups is 1. The molecule has 0 aliphatic rings. The van der Waals surface area contributed by atoms with E-state index in [-0.39, 0.29) is 11.9 Å². The number of hydrogen-bond acceptors (Lipinski definition) is 4. The summed E-state index contributed by atoms with van der Waals surface area (Å²) in [6.45, 7) is 6.93. The van der Waals surface area contributed by atoms with Crippen LogP contribution in [-0.2, 0) is 23.1 Å². The second kappa shape index (κ2) is 11.7. The van der Waals surface area contributed by atoms with Crippen LogP contribution in [0.1, 0.15) is 32.8 Å². The van der Waals surface area contributed by atoms with Crippen LogP contribution in [-0.4, -0.2) is 46.6 Å². The van der Waals surface area contributed by atoms with Crippen LogP contribution in [0.2, 0.25) is 0 Å². The predicted molar refractivity (Wildman–Crippen MR) is 152 cm³/mol. The molecule has 0 aliphatic carbocycles. The second-order valence-electron chi connectivity index (χ2n) is 10.3. The summed E-state index contributed by atoms with van der Waals surface area (Å²) in [6.07, 6.45) is 0.328. The minimum atomic E-state index is -0.522. The first-order chi connectivity index (χ1) is 18.0. The van der Waals surface area contributed by atoms with E-state index in [1.54, 1.807) is 28.8 Å². The van der Waals surface area contributed by atoms with Gasteiger partial charge in [-0.05, 0) is 74.2 Å². The number of ether oxygens (including phenoxy) is 2. The fourth-order valence-corrected chi connectivity index (χ4v) is 4.62. The zero-order chi connectivity index (χ0) is 27.4. The summed E-state index contributed by atoms with van der Waals surface area (Å²) in [5.74, 6) is -0.330. The van der Waals surface area contributed by atoms with Gasteiger partial charge in [-0.1, -0.05) is 46.3 Å². The minimum absolute atomic E-state index is 0.330. The van der Waals surface area contributed by atoms with Crippen molar-refractivity contribution in [2.75, 3.05) is 20.2 Å². The molecule has 3 aromatic carbocycles. The smallest absolute Gasteiger partial charge is 0.410 e. The molecule has 38 heavy (non-hydrogen) atoms. The fraction of sp³-hybridized carbons (Fsp3) is 0.333. The van der Waals surface area contributed by atoms with Crippen molar-refractivity contribution in [3.05, 3.63) is 76.5 Å². The molecule has 1 heterocycles. The number of carbonyl (C=O) groups excluding carboxylic acids is 1. The number of halogens is 2. The number of hydrogen-bond donors (Lipinski definition) is 0. The molecule has 0 saturated heterocycles. The highest BCUT2D eigenvalue weighted by Crippen LogP contribution is 2.34. The SMILES string of the molecule is CN(CCCOCc1ccccc1-c1ccc(-c2nn(C)c3ccc(Br)cc23)c(F)c1)C(=O)OC(C)(C)C. The van der Waals surface area contributed by atoms with Gasteiger partial charge in [0.15, 0.2) is 0 Å². The van der Waals surface area contributed by atoms with Crippen LogP contribution >= 0.6 is 15.9 Å². The summed E-state index contributed by atoms with van der Waals surface area (Å²) >= 11 is 3.51. The van der Waals surface area contributed by atoms with Crippen molar-refractivity contribution < 1.29 is 18.7 Å². The van der Waals surface area contributed by atoms with Gasteiger partial charge in [0.05, 0.1) is 12.1 Å². The molecule has 4 aromatic rings. The van der Waals surface area contributed by atoms with Crippen molar-refractivity contribution in [2.24, 2.45) is 7.05 Å². The van der Waals surface area contributed by atoms with Gasteiger partial charge >= 0.3 is 6.09 Å². The first kappa shape index (κ1) is 27.8. The van der Waals surface area contributed by atoms with Crippen molar-refractivity contribution in [3.8, 4) is 22.4 Å². The molecule has 200 valence electrons. The summed E-state index contributed by atoms with van der Waals surface area (Å²) in [4.78, 5) is 13.6. The maximum absolute atomic E-state index is 15.5. The third-order valence-electron chi connectivity index (χ3n) is 6.11. The lowest BCUT2D eigenvalue weighted by atomic mass is 9.97. The third kappa shape index (κ3) is 6.60. The van der Waals surface area contributed by atoms with Crippen molar-refractivity contribution in [1.82, 2.24) is 14.7 Å². The molecule has 0 bridgehead atoms. The maximum Gasteiger partial charge on any atom is 0.410 e. The molecule has 4 rings (SSSR count). The Hall–Kier alpha value is -3.23. The number of amides is 1. The van der Waals surface area contributed by atoms with Crippen LogP contribution in [0.15, 0.2) is 65.1 Å². The van der Waals surface area contributed by atoms with E-state index >= 15 is 4.39 Å². The van der Waals surface area contributed by atoms with Crippen LogP contribution in [0.5, 0.6) is 0 Å².